The van der Waals surface area contributed by atoms with Gasteiger partial charge >= 0.3 is 0 Å². The molecule has 12 heteroatoms. The first kappa shape index (κ1) is 21.9. The zero-order chi connectivity index (χ0) is 22.3. The number of anilines is 2. The third kappa shape index (κ3) is 4.96. The summed E-state index contributed by atoms with van der Waals surface area (Å²) in [5.74, 6) is 1.18. The highest BCUT2D eigenvalue weighted by Gasteiger charge is 2.19. The van der Waals surface area contributed by atoms with Gasteiger partial charge < -0.3 is 15.0 Å². The predicted molar refractivity (Wildman–Crippen MR) is 123 cm³/mol. The van der Waals surface area contributed by atoms with Crippen LogP contribution < -0.4 is 10.2 Å². The Labute approximate surface area is 193 Å². The molecule has 3 aromatic heterocycles. The molecule has 0 aromatic carbocycles. The summed E-state index contributed by atoms with van der Waals surface area (Å²) in [4.78, 5) is 24.2. The maximum absolute atomic E-state index is 12.6. The second kappa shape index (κ2) is 10.4. The van der Waals surface area contributed by atoms with E-state index < -0.39 is 0 Å². The predicted octanol–water partition coefficient (Wildman–Crippen LogP) is 2.42. The Morgan fingerprint density at radius 2 is 2.25 bits per heavy atom. The number of thioether (sulfide) groups is 1. The van der Waals surface area contributed by atoms with Gasteiger partial charge in [0.25, 0.3) is 0 Å². The van der Waals surface area contributed by atoms with Gasteiger partial charge in [-0.1, -0.05) is 23.9 Å². The minimum Gasteiger partial charge on any atom is -0.378 e. The van der Waals surface area contributed by atoms with Gasteiger partial charge in [-0.3, -0.25) is 9.36 Å². The maximum Gasteiger partial charge on any atom is 0.236 e. The summed E-state index contributed by atoms with van der Waals surface area (Å²) in [6, 6.07) is 5.95. The number of carbonyl (C=O) groups excluding carboxylic acids is 1. The number of nitriles is 1. The first-order valence-corrected chi connectivity index (χ1v) is 11.7. The molecule has 4 rings (SSSR count). The molecule has 1 saturated heterocycles. The first-order chi connectivity index (χ1) is 15.7. The molecule has 1 amide bonds. The van der Waals surface area contributed by atoms with Crippen molar-refractivity contribution in [1.29, 1.82) is 5.26 Å². The lowest BCUT2D eigenvalue weighted by Crippen LogP contribution is -2.37. The van der Waals surface area contributed by atoms with E-state index in [2.05, 4.69) is 32.1 Å². The lowest BCUT2D eigenvalue weighted by Gasteiger charge is -2.26. The number of ether oxygens (including phenoxy) is 1. The van der Waals surface area contributed by atoms with Crippen LogP contribution in [0.3, 0.4) is 0 Å². The Morgan fingerprint density at radius 1 is 1.41 bits per heavy atom. The summed E-state index contributed by atoms with van der Waals surface area (Å²) in [7, 11) is 0. The molecule has 0 radical (unpaired) electrons. The Bertz CT molecular complexity index is 1130. The standard InChI is InChI=1S/C20H20N8O2S2/c1-2-5-28-18(15-4-3-10-31-15)25-26-20(28)32-13-16(29)23-17-14(11-21)12-22-19(24-17)27-6-8-30-9-7-27/h2-4,10,12H,1,5-9,13H2,(H,22,23,24,29). The van der Waals surface area contributed by atoms with E-state index in [-0.39, 0.29) is 23.0 Å². The van der Waals surface area contributed by atoms with Crippen molar-refractivity contribution in [3.05, 3.63) is 41.9 Å². The van der Waals surface area contributed by atoms with Gasteiger partial charge in [0.2, 0.25) is 11.9 Å². The van der Waals surface area contributed by atoms with E-state index in [1.54, 1.807) is 17.4 Å². The zero-order valence-corrected chi connectivity index (χ0v) is 18.7. The molecular weight excluding hydrogens is 448 g/mol. The number of amides is 1. The SMILES string of the molecule is C=CCn1c(SCC(=O)Nc2nc(N3CCOCC3)ncc2C#N)nnc1-c1cccs1. The first-order valence-electron chi connectivity index (χ1n) is 9.80. The van der Waals surface area contributed by atoms with E-state index >= 15 is 0 Å². The van der Waals surface area contributed by atoms with Crippen molar-refractivity contribution < 1.29 is 9.53 Å². The van der Waals surface area contributed by atoms with Crippen molar-refractivity contribution in [2.24, 2.45) is 0 Å². The van der Waals surface area contributed by atoms with E-state index in [4.69, 9.17) is 4.74 Å². The second-order valence-electron chi connectivity index (χ2n) is 6.66. The lowest BCUT2D eigenvalue weighted by molar-refractivity contribution is -0.113. The van der Waals surface area contributed by atoms with Crippen LogP contribution in [0.25, 0.3) is 10.7 Å². The van der Waals surface area contributed by atoms with E-state index in [1.165, 1.54) is 18.0 Å². The van der Waals surface area contributed by atoms with Gasteiger partial charge in [-0.25, -0.2) is 4.98 Å². The molecular formula is C20H20N8O2S2. The van der Waals surface area contributed by atoms with Crippen molar-refractivity contribution in [2.45, 2.75) is 11.7 Å². The summed E-state index contributed by atoms with van der Waals surface area (Å²) in [6.45, 7) is 6.80. The fourth-order valence-electron chi connectivity index (χ4n) is 3.04. The molecule has 164 valence electrons. The summed E-state index contributed by atoms with van der Waals surface area (Å²) in [5.41, 5.74) is 0.204. The molecule has 1 N–H and O–H groups in total. The van der Waals surface area contributed by atoms with Crippen LogP contribution in [-0.2, 0) is 16.1 Å². The summed E-state index contributed by atoms with van der Waals surface area (Å²) in [6.07, 6.45) is 3.19. The van der Waals surface area contributed by atoms with E-state index in [1.807, 2.05) is 33.0 Å². The summed E-state index contributed by atoms with van der Waals surface area (Å²) < 4.78 is 7.26. The Kier molecular flexibility index (Phi) is 7.10. The van der Waals surface area contributed by atoms with Crippen LogP contribution in [0.2, 0.25) is 0 Å². The number of hydrogen-bond acceptors (Lipinski definition) is 10. The smallest absolute Gasteiger partial charge is 0.236 e. The highest BCUT2D eigenvalue weighted by Crippen LogP contribution is 2.27. The molecule has 32 heavy (non-hydrogen) atoms. The number of hydrogen-bond donors (Lipinski definition) is 1. The highest BCUT2D eigenvalue weighted by molar-refractivity contribution is 7.99. The molecule has 1 fully saturated rings. The van der Waals surface area contributed by atoms with E-state index in [9.17, 15) is 10.1 Å². The van der Waals surface area contributed by atoms with Crippen molar-refractivity contribution in [3.8, 4) is 16.8 Å². The van der Waals surface area contributed by atoms with Gasteiger partial charge in [0.1, 0.15) is 11.6 Å². The summed E-state index contributed by atoms with van der Waals surface area (Å²) >= 11 is 2.83. The molecule has 0 unspecified atom stereocenters. The van der Waals surface area contributed by atoms with Crippen molar-refractivity contribution in [3.63, 3.8) is 0 Å². The molecule has 1 aliphatic rings. The average molecular weight is 469 g/mol. The quantitative estimate of drug-likeness (QED) is 0.392. The van der Waals surface area contributed by atoms with Crippen molar-refractivity contribution >= 4 is 40.8 Å². The highest BCUT2D eigenvalue weighted by atomic mass is 32.2. The van der Waals surface area contributed by atoms with Gasteiger partial charge in [0, 0.05) is 19.6 Å². The van der Waals surface area contributed by atoms with Crippen LogP contribution in [0.1, 0.15) is 5.56 Å². The number of nitrogens with zero attached hydrogens (tertiary/aromatic N) is 7. The minimum absolute atomic E-state index is 0.0848. The van der Waals surface area contributed by atoms with Gasteiger partial charge in [-0.05, 0) is 11.4 Å². The molecule has 0 bridgehead atoms. The number of aromatic nitrogens is 5. The topological polar surface area (TPSA) is 122 Å². The number of morpholine rings is 1. The van der Waals surface area contributed by atoms with Crippen LogP contribution in [0, 0.1) is 11.3 Å². The minimum atomic E-state index is -0.302. The zero-order valence-electron chi connectivity index (χ0n) is 17.1. The fraction of sp³-hybridized carbons (Fsp3) is 0.300. The lowest BCUT2D eigenvalue weighted by atomic mass is 10.3. The molecule has 0 saturated carbocycles. The average Bonchev–Trinajstić information content (AvgIpc) is 3.49. The van der Waals surface area contributed by atoms with Crippen LogP contribution in [0.15, 0.2) is 41.5 Å². The second-order valence-corrected chi connectivity index (χ2v) is 8.55. The van der Waals surface area contributed by atoms with Crippen LogP contribution in [-0.4, -0.2) is 62.7 Å². The van der Waals surface area contributed by atoms with Gasteiger partial charge in [0.05, 0.1) is 30.0 Å². The van der Waals surface area contributed by atoms with Crippen molar-refractivity contribution in [2.75, 3.05) is 42.3 Å². The Morgan fingerprint density at radius 3 is 2.97 bits per heavy atom. The maximum atomic E-state index is 12.6. The third-order valence-electron chi connectivity index (χ3n) is 4.55. The number of allylic oxidation sites excluding steroid dienone is 1. The van der Waals surface area contributed by atoms with Gasteiger partial charge in [-0.15, -0.1) is 28.1 Å². The fourth-order valence-corrected chi connectivity index (χ4v) is 4.51. The summed E-state index contributed by atoms with van der Waals surface area (Å²) in [5, 5.41) is 23.2. The Balaban J connectivity index is 1.45. The molecule has 10 nitrogen and oxygen atoms in total. The molecule has 0 atom stereocenters. The molecule has 3 aromatic rings. The van der Waals surface area contributed by atoms with Gasteiger partial charge in [-0.2, -0.15) is 10.2 Å². The van der Waals surface area contributed by atoms with Gasteiger partial charge in [0.15, 0.2) is 16.8 Å². The molecule has 0 aliphatic carbocycles. The van der Waals surface area contributed by atoms with Crippen molar-refractivity contribution in [1.82, 2.24) is 24.7 Å². The number of thiophene rings is 1. The van der Waals surface area contributed by atoms with E-state index in [0.29, 0.717) is 44.0 Å². The Hall–Kier alpha value is -3.27. The number of rotatable bonds is 8. The monoisotopic (exact) mass is 468 g/mol. The normalized spacial score (nSPS) is 13.5. The third-order valence-corrected chi connectivity index (χ3v) is 6.38. The molecule has 0 spiro atoms. The number of nitrogens with one attached hydrogen (secondary N) is 1. The van der Waals surface area contributed by atoms with Crippen LogP contribution >= 0.6 is 23.1 Å². The number of carbonyl (C=O) groups is 1. The largest absolute Gasteiger partial charge is 0.378 e. The van der Waals surface area contributed by atoms with Crippen LogP contribution in [0.4, 0.5) is 11.8 Å². The van der Waals surface area contributed by atoms with E-state index in [0.717, 1.165) is 10.7 Å². The molecule has 1 aliphatic heterocycles. The molecule has 4 heterocycles. The van der Waals surface area contributed by atoms with Crippen LogP contribution in [0.5, 0.6) is 0 Å².